The summed E-state index contributed by atoms with van der Waals surface area (Å²) in [5.41, 5.74) is 1.44. The number of esters is 1. The molecule has 1 aliphatic rings. The van der Waals surface area contributed by atoms with Gasteiger partial charge in [0.05, 0.1) is 11.6 Å². The summed E-state index contributed by atoms with van der Waals surface area (Å²) in [6, 6.07) is 11.3. The summed E-state index contributed by atoms with van der Waals surface area (Å²) in [5.74, 6) is 0.272. The molecule has 6 nitrogen and oxygen atoms in total. The number of hydrogen-bond donors (Lipinski definition) is 1. The maximum atomic E-state index is 12.5. The van der Waals surface area contributed by atoms with E-state index < -0.39 is 5.97 Å². The van der Waals surface area contributed by atoms with Gasteiger partial charge in [-0.1, -0.05) is 29.8 Å². The van der Waals surface area contributed by atoms with Crippen molar-refractivity contribution >= 4 is 35.4 Å². The Balaban J connectivity index is 1.54. The van der Waals surface area contributed by atoms with Gasteiger partial charge in [0, 0.05) is 37.0 Å². The molecule has 0 atom stereocenters. The molecule has 152 valence electrons. The fraction of sp³-hybridized carbons (Fsp3) is 0.318. The molecule has 1 amide bonds. The van der Waals surface area contributed by atoms with E-state index in [9.17, 15) is 9.59 Å². The van der Waals surface area contributed by atoms with Gasteiger partial charge in [-0.15, -0.1) is 0 Å². The number of ether oxygens (including phenoxy) is 1. The fourth-order valence-electron chi connectivity index (χ4n) is 3.19. The Labute approximate surface area is 175 Å². The molecular weight excluding hydrogens is 390 g/mol. The Kier molecular flexibility index (Phi) is 7.25. The summed E-state index contributed by atoms with van der Waals surface area (Å²) in [5, 5.41) is 3.85. The first kappa shape index (κ1) is 20.9. The fourth-order valence-corrected chi connectivity index (χ4v) is 3.42. The minimum absolute atomic E-state index is 0.0675. The molecule has 1 aliphatic heterocycles. The second-order valence-corrected chi connectivity index (χ2v) is 7.17. The minimum Gasteiger partial charge on any atom is -0.463 e. The van der Waals surface area contributed by atoms with Crippen molar-refractivity contribution in [3.05, 3.63) is 64.8 Å². The van der Waals surface area contributed by atoms with Gasteiger partial charge < -0.3 is 15.0 Å². The van der Waals surface area contributed by atoms with Gasteiger partial charge in [-0.3, -0.25) is 4.79 Å². The number of hydrogen-bond acceptors (Lipinski definition) is 5. The van der Waals surface area contributed by atoms with Gasteiger partial charge in [0.2, 0.25) is 0 Å². The van der Waals surface area contributed by atoms with Crippen LogP contribution in [-0.4, -0.2) is 47.5 Å². The van der Waals surface area contributed by atoms with Crippen LogP contribution in [0, 0.1) is 0 Å². The van der Waals surface area contributed by atoms with E-state index in [-0.39, 0.29) is 11.9 Å². The molecule has 0 radical (unpaired) electrons. The number of halogens is 1. The largest absolute Gasteiger partial charge is 0.463 e. The van der Waals surface area contributed by atoms with Gasteiger partial charge >= 0.3 is 5.97 Å². The number of aromatic nitrogens is 1. The minimum atomic E-state index is -0.400. The standard InChI is InChI=1S/C22H24ClN3O3/c1-2-29-20(27)9-8-16-14-19(23)21(24-15-16)25-18-10-12-26(13-11-18)22(28)17-6-4-3-5-7-17/h3-9,14-15,18H,2,10-13H2,1H3,(H,24,25)/b9-8+. The summed E-state index contributed by atoms with van der Waals surface area (Å²) in [6.45, 7) is 3.46. The van der Waals surface area contributed by atoms with E-state index in [1.54, 1.807) is 25.3 Å². The quantitative estimate of drug-likeness (QED) is 0.571. The van der Waals surface area contributed by atoms with Crippen molar-refractivity contribution in [2.45, 2.75) is 25.8 Å². The molecule has 0 spiro atoms. The molecule has 2 heterocycles. The van der Waals surface area contributed by atoms with Gasteiger partial charge in [-0.25, -0.2) is 9.78 Å². The van der Waals surface area contributed by atoms with Crippen molar-refractivity contribution < 1.29 is 14.3 Å². The zero-order valence-corrected chi connectivity index (χ0v) is 17.1. The van der Waals surface area contributed by atoms with Crippen LogP contribution in [0.5, 0.6) is 0 Å². The summed E-state index contributed by atoms with van der Waals surface area (Å²) < 4.78 is 4.85. The highest BCUT2D eigenvalue weighted by Gasteiger charge is 2.24. The Morgan fingerprint density at radius 3 is 2.66 bits per heavy atom. The Morgan fingerprint density at radius 2 is 2.00 bits per heavy atom. The number of carbonyl (C=O) groups excluding carboxylic acids is 2. The SMILES string of the molecule is CCOC(=O)/C=C/c1cnc(NC2CCN(C(=O)c3ccccc3)CC2)c(Cl)c1. The number of carbonyl (C=O) groups is 2. The number of likely N-dealkylation sites (tertiary alicyclic amines) is 1. The predicted octanol–water partition coefficient (Wildman–Crippen LogP) is 4.03. The normalized spacial score (nSPS) is 14.8. The van der Waals surface area contributed by atoms with Gasteiger partial charge in [-0.05, 0) is 49.6 Å². The molecule has 29 heavy (non-hydrogen) atoms. The summed E-state index contributed by atoms with van der Waals surface area (Å²) in [4.78, 5) is 30.2. The monoisotopic (exact) mass is 413 g/mol. The highest BCUT2D eigenvalue weighted by molar-refractivity contribution is 6.33. The first-order valence-electron chi connectivity index (χ1n) is 9.68. The summed E-state index contributed by atoms with van der Waals surface area (Å²) in [7, 11) is 0. The lowest BCUT2D eigenvalue weighted by atomic mass is 10.0. The highest BCUT2D eigenvalue weighted by Crippen LogP contribution is 2.24. The van der Waals surface area contributed by atoms with Crippen molar-refractivity contribution in [2.24, 2.45) is 0 Å². The third-order valence-corrected chi connectivity index (χ3v) is 4.99. The molecule has 0 aliphatic carbocycles. The molecule has 1 aromatic heterocycles. The lowest BCUT2D eigenvalue weighted by Gasteiger charge is -2.32. The molecule has 1 saturated heterocycles. The number of piperidine rings is 1. The number of pyridine rings is 1. The lowest BCUT2D eigenvalue weighted by Crippen LogP contribution is -2.42. The first-order chi connectivity index (χ1) is 14.1. The van der Waals surface area contributed by atoms with Gasteiger partial charge in [0.15, 0.2) is 0 Å². The van der Waals surface area contributed by atoms with Crippen LogP contribution in [-0.2, 0) is 9.53 Å². The van der Waals surface area contributed by atoms with E-state index in [0.717, 1.165) is 24.0 Å². The van der Waals surface area contributed by atoms with Crippen LogP contribution >= 0.6 is 11.6 Å². The molecule has 2 aromatic rings. The first-order valence-corrected chi connectivity index (χ1v) is 10.1. The molecule has 1 aromatic carbocycles. The van der Waals surface area contributed by atoms with Crippen molar-refractivity contribution in [3.8, 4) is 0 Å². The second-order valence-electron chi connectivity index (χ2n) is 6.76. The predicted molar refractivity (Wildman–Crippen MR) is 114 cm³/mol. The number of nitrogens with one attached hydrogen (secondary N) is 1. The zero-order chi connectivity index (χ0) is 20.6. The zero-order valence-electron chi connectivity index (χ0n) is 16.3. The van der Waals surface area contributed by atoms with E-state index in [1.165, 1.54) is 6.08 Å². The number of amides is 1. The van der Waals surface area contributed by atoms with Crippen LogP contribution in [0.1, 0.15) is 35.7 Å². The maximum absolute atomic E-state index is 12.5. The molecule has 7 heteroatoms. The Hall–Kier alpha value is -2.86. The van der Waals surface area contributed by atoms with Crippen LogP contribution in [0.25, 0.3) is 6.08 Å². The van der Waals surface area contributed by atoms with Crippen LogP contribution in [0.3, 0.4) is 0 Å². The molecule has 0 unspecified atom stereocenters. The number of anilines is 1. The molecule has 3 rings (SSSR count). The second kappa shape index (κ2) is 10.1. The van der Waals surface area contributed by atoms with Crippen molar-refractivity contribution in [1.82, 2.24) is 9.88 Å². The van der Waals surface area contributed by atoms with Crippen LogP contribution in [0.2, 0.25) is 5.02 Å². The van der Waals surface area contributed by atoms with E-state index in [1.807, 2.05) is 35.2 Å². The summed E-state index contributed by atoms with van der Waals surface area (Å²) in [6.07, 6.45) is 6.26. The van der Waals surface area contributed by atoms with Crippen LogP contribution in [0.15, 0.2) is 48.7 Å². The van der Waals surface area contributed by atoms with E-state index >= 15 is 0 Å². The molecule has 0 saturated carbocycles. The number of rotatable bonds is 6. The smallest absolute Gasteiger partial charge is 0.330 e. The molecule has 1 N–H and O–H groups in total. The Morgan fingerprint density at radius 1 is 1.28 bits per heavy atom. The lowest BCUT2D eigenvalue weighted by molar-refractivity contribution is -0.137. The number of benzene rings is 1. The maximum Gasteiger partial charge on any atom is 0.330 e. The van der Waals surface area contributed by atoms with E-state index in [0.29, 0.717) is 30.5 Å². The third kappa shape index (κ3) is 5.81. The van der Waals surface area contributed by atoms with E-state index in [2.05, 4.69) is 10.3 Å². The number of nitrogens with zero attached hydrogens (tertiary/aromatic N) is 2. The van der Waals surface area contributed by atoms with Gasteiger partial charge in [0.25, 0.3) is 5.91 Å². The van der Waals surface area contributed by atoms with Crippen LogP contribution in [0.4, 0.5) is 5.82 Å². The molecule has 0 bridgehead atoms. The third-order valence-electron chi connectivity index (χ3n) is 4.70. The van der Waals surface area contributed by atoms with Gasteiger partial charge in [-0.2, -0.15) is 0 Å². The van der Waals surface area contributed by atoms with Gasteiger partial charge in [0.1, 0.15) is 5.82 Å². The van der Waals surface area contributed by atoms with Crippen molar-refractivity contribution in [1.29, 1.82) is 0 Å². The average molecular weight is 414 g/mol. The molecule has 1 fully saturated rings. The summed E-state index contributed by atoms with van der Waals surface area (Å²) >= 11 is 6.34. The molecular formula is C22H24ClN3O3. The highest BCUT2D eigenvalue weighted by atomic mass is 35.5. The van der Waals surface area contributed by atoms with Crippen molar-refractivity contribution in [2.75, 3.05) is 25.0 Å². The average Bonchev–Trinajstić information content (AvgIpc) is 2.75. The van der Waals surface area contributed by atoms with E-state index in [4.69, 9.17) is 16.3 Å². The topological polar surface area (TPSA) is 71.5 Å². The van der Waals surface area contributed by atoms with Crippen LogP contribution < -0.4 is 5.32 Å². The van der Waals surface area contributed by atoms with Crippen molar-refractivity contribution in [3.63, 3.8) is 0 Å². The Bertz CT molecular complexity index is 878.